The van der Waals surface area contributed by atoms with Crippen molar-refractivity contribution in [3.63, 3.8) is 0 Å². The highest BCUT2D eigenvalue weighted by molar-refractivity contribution is 5.69. The number of hydrogen-bond donors (Lipinski definition) is 1. The van der Waals surface area contributed by atoms with E-state index in [1.807, 2.05) is 6.92 Å². The minimum Gasteiger partial charge on any atom is -0.481 e. The van der Waals surface area contributed by atoms with Crippen molar-refractivity contribution in [1.29, 1.82) is 0 Å². The van der Waals surface area contributed by atoms with Gasteiger partial charge in [0.15, 0.2) is 0 Å². The smallest absolute Gasteiger partial charge is 0.306 e. The first-order valence-corrected chi connectivity index (χ1v) is 14.2. The largest absolute Gasteiger partial charge is 0.481 e. The number of fused-ring (bicyclic) bond motifs is 5. The van der Waals surface area contributed by atoms with Crippen molar-refractivity contribution >= 4 is 5.97 Å². The van der Waals surface area contributed by atoms with Gasteiger partial charge in [-0.1, -0.05) is 79.9 Å². The SMILES string of the molecule is CC(CCC[C@@H](C)C1(C)CC[C@H]2[C@]3(C)[C@H](C)C=C4C[C@@H](C)CC[C@]4(C)[C@H]3CC[C@@]21C)C(=O)O. The van der Waals surface area contributed by atoms with Crippen LogP contribution in [-0.2, 0) is 4.79 Å². The molecule has 0 saturated heterocycles. The van der Waals surface area contributed by atoms with E-state index < -0.39 is 5.97 Å². The summed E-state index contributed by atoms with van der Waals surface area (Å²) in [5.74, 6) is 2.97. The number of carbonyl (C=O) groups is 1. The number of aliphatic carboxylic acids is 1. The van der Waals surface area contributed by atoms with Gasteiger partial charge in [-0.05, 0) is 103 Å². The van der Waals surface area contributed by atoms with Gasteiger partial charge >= 0.3 is 5.97 Å². The summed E-state index contributed by atoms with van der Waals surface area (Å²) in [6, 6.07) is 0. The molecule has 10 atom stereocenters. The van der Waals surface area contributed by atoms with Crippen molar-refractivity contribution in [1.82, 2.24) is 0 Å². The molecule has 0 aromatic heterocycles. The molecule has 0 amide bonds. The molecule has 0 aromatic carbocycles. The Hall–Kier alpha value is -0.790. The standard InChI is InChI=1S/C31H52O2/c1-20-12-15-28(5)24(18-20)19-23(4)31(8)25(28)13-17-30(7)26(31)14-16-29(30,6)22(3)11-9-10-21(2)27(32)33/h19-23,25-26H,9-18H2,1-8H3,(H,32,33)/t20-,21?,22+,23+,25+,26+,28-,29?,30-,31+/m0/s1. The Kier molecular flexibility index (Phi) is 6.45. The third-order valence-corrected chi connectivity index (χ3v) is 12.9. The third-order valence-electron chi connectivity index (χ3n) is 12.9. The van der Waals surface area contributed by atoms with E-state index in [0.717, 1.165) is 30.6 Å². The normalized spacial score (nSPS) is 48.8. The van der Waals surface area contributed by atoms with E-state index in [4.69, 9.17) is 0 Å². The summed E-state index contributed by atoms with van der Waals surface area (Å²) in [6.07, 6.45) is 15.4. The molecule has 0 heterocycles. The molecule has 0 bridgehead atoms. The predicted octanol–water partition coefficient (Wildman–Crippen LogP) is 8.75. The Morgan fingerprint density at radius 2 is 1.67 bits per heavy atom. The minimum absolute atomic E-state index is 0.214. The molecule has 0 aromatic rings. The lowest BCUT2D eigenvalue weighted by atomic mass is 9.38. The Morgan fingerprint density at radius 3 is 2.33 bits per heavy atom. The Bertz CT molecular complexity index is 799. The highest BCUT2D eigenvalue weighted by atomic mass is 16.4. The second kappa shape index (κ2) is 8.41. The number of rotatable bonds is 6. The van der Waals surface area contributed by atoms with Gasteiger partial charge in [-0.2, -0.15) is 0 Å². The van der Waals surface area contributed by atoms with Gasteiger partial charge in [0.1, 0.15) is 0 Å². The molecule has 2 heteroatoms. The zero-order valence-electron chi connectivity index (χ0n) is 23.0. The van der Waals surface area contributed by atoms with Gasteiger partial charge in [-0.3, -0.25) is 4.79 Å². The van der Waals surface area contributed by atoms with E-state index in [9.17, 15) is 9.90 Å². The fourth-order valence-corrected chi connectivity index (χ4v) is 10.1. The zero-order valence-corrected chi connectivity index (χ0v) is 23.0. The van der Waals surface area contributed by atoms with E-state index in [2.05, 4.69) is 54.5 Å². The van der Waals surface area contributed by atoms with Crippen molar-refractivity contribution in [2.75, 3.05) is 0 Å². The Labute approximate surface area is 204 Å². The maximum atomic E-state index is 11.3. The van der Waals surface area contributed by atoms with E-state index in [1.54, 1.807) is 5.57 Å². The van der Waals surface area contributed by atoms with Gasteiger partial charge < -0.3 is 5.11 Å². The van der Waals surface area contributed by atoms with E-state index in [1.165, 1.54) is 51.4 Å². The van der Waals surface area contributed by atoms with Crippen LogP contribution >= 0.6 is 0 Å². The Balaban J connectivity index is 1.59. The second-order valence-corrected chi connectivity index (χ2v) is 14.2. The molecule has 4 rings (SSSR count). The minimum atomic E-state index is -0.641. The summed E-state index contributed by atoms with van der Waals surface area (Å²) in [7, 11) is 0. The summed E-state index contributed by atoms with van der Waals surface area (Å²) >= 11 is 0. The van der Waals surface area contributed by atoms with Gasteiger partial charge in [0.2, 0.25) is 0 Å². The summed E-state index contributed by atoms with van der Waals surface area (Å²) in [5.41, 5.74) is 3.40. The van der Waals surface area contributed by atoms with Gasteiger partial charge in [0, 0.05) is 0 Å². The van der Waals surface area contributed by atoms with Crippen LogP contribution in [-0.4, -0.2) is 11.1 Å². The van der Waals surface area contributed by atoms with Crippen molar-refractivity contribution in [3.05, 3.63) is 11.6 Å². The highest BCUT2D eigenvalue weighted by Gasteiger charge is 2.68. The molecule has 0 radical (unpaired) electrons. The number of hydrogen-bond acceptors (Lipinski definition) is 1. The first-order valence-electron chi connectivity index (χ1n) is 14.2. The number of carboxylic acids is 1. The van der Waals surface area contributed by atoms with E-state index in [-0.39, 0.29) is 5.92 Å². The molecule has 33 heavy (non-hydrogen) atoms. The van der Waals surface area contributed by atoms with Crippen LogP contribution in [0, 0.1) is 57.2 Å². The molecule has 2 nitrogen and oxygen atoms in total. The molecule has 3 fully saturated rings. The lowest BCUT2D eigenvalue weighted by Gasteiger charge is -2.67. The molecule has 4 aliphatic rings. The first kappa shape index (κ1) is 25.3. The number of carboxylic acid groups (broad SMARTS) is 1. The molecule has 1 N–H and O–H groups in total. The molecule has 0 spiro atoms. The third kappa shape index (κ3) is 3.58. The topological polar surface area (TPSA) is 37.3 Å². The molecule has 4 aliphatic carbocycles. The molecule has 188 valence electrons. The fraction of sp³-hybridized carbons (Fsp3) is 0.903. The lowest BCUT2D eigenvalue weighted by Crippen LogP contribution is -2.60. The average Bonchev–Trinajstić information content (AvgIpc) is 3.03. The second-order valence-electron chi connectivity index (χ2n) is 14.2. The lowest BCUT2D eigenvalue weighted by molar-refractivity contribution is -0.152. The molecular weight excluding hydrogens is 404 g/mol. The van der Waals surface area contributed by atoms with Crippen molar-refractivity contribution in [3.8, 4) is 0 Å². The zero-order chi connectivity index (χ0) is 24.4. The van der Waals surface area contributed by atoms with Crippen molar-refractivity contribution < 1.29 is 9.90 Å². The van der Waals surface area contributed by atoms with Crippen LogP contribution in [0.3, 0.4) is 0 Å². The molecule has 2 unspecified atom stereocenters. The van der Waals surface area contributed by atoms with Crippen LogP contribution < -0.4 is 0 Å². The van der Waals surface area contributed by atoms with E-state index >= 15 is 0 Å². The fourth-order valence-electron chi connectivity index (χ4n) is 10.1. The van der Waals surface area contributed by atoms with Crippen LogP contribution in [0.5, 0.6) is 0 Å². The maximum Gasteiger partial charge on any atom is 0.306 e. The summed E-state index contributed by atoms with van der Waals surface area (Å²) in [5, 5.41) is 9.28. The van der Waals surface area contributed by atoms with Gasteiger partial charge in [-0.15, -0.1) is 0 Å². The highest BCUT2D eigenvalue weighted by Crippen LogP contribution is 2.76. The molecule has 3 saturated carbocycles. The molecule has 0 aliphatic heterocycles. The Morgan fingerprint density at radius 1 is 1.00 bits per heavy atom. The molecular formula is C31H52O2. The summed E-state index contributed by atoms with van der Waals surface area (Å²) in [6.45, 7) is 20.0. The van der Waals surface area contributed by atoms with Gasteiger partial charge in [-0.25, -0.2) is 0 Å². The van der Waals surface area contributed by atoms with Crippen molar-refractivity contribution in [2.45, 2.75) is 120 Å². The van der Waals surface area contributed by atoms with Gasteiger partial charge in [0.25, 0.3) is 0 Å². The summed E-state index contributed by atoms with van der Waals surface area (Å²) in [4.78, 5) is 11.3. The quantitative estimate of drug-likeness (QED) is 0.406. The van der Waals surface area contributed by atoms with Crippen LogP contribution in [0.4, 0.5) is 0 Å². The first-order chi connectivity index (χ1) is 15.3. The van der Waals surface area contributed by atoms with Crippen LogP contribution in [0.1, 0.15) is 120 Å². The predicted molar refractivity (Wildman–Crippen MR) is 138 cm³/mol. The van der Waals surface area contributed by atoms with Gasteiger partial charge in [0.05, 0.1) is 5.92 Å². The van der Waals surface area contributed by atoms with E-state index in [0.29, 0.717) is 33.5 Å². The number of allylic oxidation sites excluding steroid dienone is 2. The van der Waals surface area contributed by atoms with Crippen LogP contribution in [0.15, 0.2) is 11.6 Å². The monoisotopic (exact) mass is 456 g/mol. The summed E-state index contributed by atoms with van der Waals surface area (Å²) < 4.78 is 0. The average molecular weight is 457 g/mol. The van der Waals surface area contributed by atoms with Crippen molar-refractivity contribution in [2.24, 2.45) is 57.2 Å². The van der Waals surface area contributed by atoms with Crippen LogP contribution in [0.2, 0.25) is 0 Å². The van der Waals surface area contributed by atoms with Crippen LogP contribution in [0.25, 0.3) is 0 Å². The maximum absolute atomic E-state index is 11.3.